The fraction of sp³-hybridized carbons (Fsp3) is 0.606. The molecule has 5 heteroatoms. The van der Waals surface area contributed by atoms with Crippen LogP contribution in [0.4, 0.5) is 0 Å². The van der Waals surface area contributed by atoms with Crippen LogP contribution in [0.2, 0.25) is 16.6 Å². The van der Waals surface area contributed by atoms with Gasteiger partial charge >= 0.3 is 0 Å². The van der Waals surface area contributed by atoms with Gasteiger partial charge < -0.3 is 9.53 Å². The fourth-order valence-electron chi connectivity index (χ4n) is 6.66. The predicted molar refractivity (Wildman–Crippen MR) is 162 cm³/mol. The molecule has 1 aliphatic rings. The minimum atomic E-state index is -2.02. The monoisotopic (exact) mass is 537 g/mol. The summed E-state index contributed by atoms with van der Waals surface area (Å²) in [4.78, 5) is 15.6. The van der Waals surface area contributed by atoms with E-state index < -0.39 is 13.9 Å². The summed E-state index contributed by atoms with van der Waals surface area (Å²) in [6.45, 7) is 17.2. The molecule has 0 aliphatic carbocycles. The van der Waals surface area contributed by atoms with Gasteiger partial charge in [0.1, 0.15) is 5.75 Å². The summed E-state index contributed by atoms with van der Waals surface area (Å²) < 4.78 is 6.78. The molecule has 38 heavy (non-hydrogen) atoms. The zero-order valence-electron chi connectivity index (χ0n) is 24.9. The first-order valence-corrected chi connectivity index (χ1v) is 17.0. The zero-order chi connectivity index (χ0) is 27.9. The van der Waals surface area contributed by atoms with Gasteiger partial charge in [-0.2, -0.15) is 0 Å². The van der Waals surface area contributed by atoms with Gasteiger partial charge in [0.2, 0.25) is 0 Å². The summed E-state index contributed by atoms with van der Waals surface area (Å²) in [7, 11) is -2.02. The number of aliphatic hydroxyl groups is 1. The number of nitrogens with zero attached hydrogens (tertiary/aromatic N) is 1. The van der Waals surface area contributed by atoms with Crippen LogP contribution >= 0.6 is 0 Å². The molecule has 1 heterocycles. The van der Waals surface area contributed by atoms with E-state index in [0.717, 1.165) is 62.9 Å². The molecule has 0 amide bonds. The first-order chi connectivity index (χ1) is 18.0. The van der Waals surface area contributed by atoms with Gasteiger partial charge in [0.25, 0.3) is 8.32 Å². The summed E-state index contributed by atoms with van der Waals surface area (Å²) in [5.41, 5.74) is 3.01. The van der Waals surface area contributed by atoms with E-state index in [2.05, 4.69) is 70.7 Å². The number of piperidine rings is 1. The van der Waals surface area contributed by atoms with Crippen molar-refractivity contribution in [2.75, 3.05) is 13.1 Å². The van der Waals surface area contributed by atoms with Gasteiger partial charge in [0.15, 0.2) is 5.78 Å². The molecule has 3 rings (SSSR count). The van der Waals surface area contributed by atoms with Crippen LogP contribution in [0, 0.1) is 0 Å². The average molecular weight is 538 g/mol. The summed E-state index contributed by atoms with van der Waals surface area (Å²) in [5, 5.41) is 11.1. The van der Waals surface area contributed by atoms with Crippen molar-refractivity contribution in [2.45, 2.75) is 115 Å². The maximum Gasteiger partial charge on any atom is 0.258 e. The molecule has 2 aromatic carbocycles. The van der Waals surface area contributed by atoms with Crippen molar-refractivity contribution in [2.24, 2.45) is 0 Å². The molecule has 0 aromatic heterocycles. The largest absolute Gasteiger partial charge is 0.543 e. The first-order valence-electron chi connectivity index (χ1n) is 14.8. The third-order valence-electron chi connectivity index (χ3n) is 9.00. The molecule has 4 nitrogen and oxygen atoms in total. The maximum atomic E-state index is 13.3. The quantitative estimate of drug-likeness (QED) is 0.159. The number of Topliss-reactive ketones (excluding diaryl/α,β-unsaturated/α-hetero) is 1. The van der Waals surface area contributed by atoms with Gasteiger partial charge in [-0.15, -0.1) is 0 Å². The van der Waals surface area contributed by atoms with E-state index in [4.69, 9.17) is 4.43 Å². The predicted octanol–water partition coefficient (Wildman–Crippen LogP) is 8.05. The van der Waals surface area contributed by atoms with Crippen LogP contribution in [-0.4, -0.2) is 48.8 Å². The van der Waals surface area contributed by atoms with Crippen molar-refractivity contribution >= 4 is 14.1 Å². The smallest absolute Gasteiger partial charge is 0.258 e. The highest BCUT2D eigenvalue weighted by Crippen LogP contribution is 2.42. The molecule has 1 unspecified atom stereocenters. The average Bonchev–Trinajstić information content (AvgIpc) is 2.90. The molecular weight excluding hydrogens is 486 g/mol. The van der Waals surface area contributed by atoms with Gasteiger partial charge in [0, 0.05) is 18.7 Å². The fourth-order valence-corrected chi connectivity index (χ4v) is 11.9. The number of hydrogen-bond donors (Lipinski definition) is 1. The Balaban J connectivity index is 1.52. The summed E-state index contributed by atoms with van der Waals surface area (Å²) in [5.74, 6) is 1.03. The molecule has 0 bridgehead atoms. The van der Waals surface area contributed by atoms with Gasteiger partial charge in [-0.05, 0) is 85.5 Å². The third-order valence-corrected chi connectivity index (χ3v) is 15.0. The molecule has 0 radical (unpaired) electrons. The number of aryl methyl sites for hydroxylation is 1. The maximum absolute atomic E-state index is 13.3. The van der Waals surface area contributed by atoms with Crippen LogP contribution in [0.1, 0.15) is 96.5 Å². The highest BCUT2D eigenvalue weighted by atomic mass is 28.4. The second kappa shape index (κ2) is 13.4. The van der Waals surface area contributed by atoms with Crippen LogP contribution in [0.15, 0.2) is 54.6 Å². The SMILES string of the molecule is CC(C(=O)c1ccc(O[Si](C(C)C)(C(C)C)C(C)C)cc1)N1CCC(O)(CCCCc2ccccc2)CC1. The second-order valence-corrected chi connectivity index (χ2v) is 17.8. The lowest BCUT2D eigenvalue weighted by Gasteiger charge is -2.42. The zero-order valence-corrected chi connectivity index (χ0v) is 25.9. The van der Waals surface area contributed by atoms with Crippen molar-refractivity contribution in [3.8, 4) is 5.75 Å². The molecule has 1 fully saturated rings. The standard InChI is InChI=1S/C33H51NO3Si/c1-25(2)38(26(3)4,27(5)6)37-31-18-16-30(17-19-31)32(35)28(7)34-23-21-33(36,22-24-34)20-12-11-15-29-13-9-8-10-14-29/h8-10,13-14,16-19,25-28,36H,11-12,15,20-24H2,1-7H3. The topological polar surface area (TPSA) is 49.8 Å². The minimum absolute atomic E-state index is 0.143. The lowest BCUT2D eigenvalue weighted by Crippen LogP contribution is -2.50. The number of rotatable bonds is 13. The van der Waals surface area contributed by atoms with Crippen LogP contribution < -0.4 is 4.43 Å². The van der Waals surface area contributed by atoms with Gasteiger partial charge in [-0.1, -0.05) is 78.3 Å². The van der Waals surface area contributed by atoms with E-state index in [1.54, 1.807) is 0 Å². The molecule has 210 valence electrons. The molecular formula is C33H51NO3Si. The Morgan fingerprint density at radius 3 is 1.95 bits per heavy atom. The molecule has 2 aromatic rings. The van der Waals surface area contributed by atoms with Gasteiger partial charge in [-0.25, -0.2) is 0 Å². The van der Waals surface area contributed by atoms with Crippen LogP contribution in [0.3, 0.4) is 0 Å². The summed E-state index contributed by atoms with van der Waals surface area (Å²) >= 11 is 0. The highest BCUT2D eigenvalue weighted by Gasteiger charge is 2.47. The lowest BCUT2D eigenvalue weighted by atomic mass is 9.85. The lowest BCUT2D eigenvalue weighted by molar-refractivity contribution is -0.0346. The number of benzene rings is 2. The van der Waals surface area contributed by atoms with Crippen molar-refractivity contribution in [3.05, 3.63) is 65.7 Å². The number of unbranched alkanes of at least 4 members (excludes halogenated alkanes) is 1. The van der Waals surface area contributed by atoms with E-state index in [1.165, 1.54) is 5.56 Å². The van der Waals surface area contributed by atoms with E-state index in [1.807, 2.05) is 37.3 Å². The summed E-state index contributed by atoms with van der Waals surface area (Å²) in [6, 6.07) is 18.2. The first kappa shape index (κ1) is 30.6. The van der Waals surface area contributed by atoms with E-state index in [9.17, 15) is 9.90 Å². The highest BCUT2D eigenvalue weighted by molar-refractivity contribution is 6.78. The van der Waals surface area contributed by atoms with Crippen LogP contribution in [0.5, 0.6) is 5.75 Å². The Bertz CT molecular complexity index is 973. The Hall–Kier alpha value is -1.95. The Morgan fingerprint density at radius 2 is 1.42 bits per heavy atom. The number of ketones is 1. The molecule has 1 atom stereocenters. The molecule has 1 aliphatic heterocycles. The van der Waals surface area contributed by atoms with E-state index in [0.29, 0.717) is 16.6 Å². The van der Waals surface area contributed by atoms with Crippen molar-refractivity contribution in [3.63, 3.8) is 0 Å². The van der Waals surface area contributed by atoms with Crippen LogP contribution in [0.25, 0.3) is 0 Å². The molecule has 1 N–H and O–H groups in total. The van der Waals surface area contributed by atoms with Crippen molar-refractivity contribution in [1.29, 1.82) is 0 Å². The molecule has 0 spiro atoms. The van der Waals surface area contributed by atoms with Crippen molar-refractivity contribution < 1.29 is 14.3 Å². The second-order valence-electron chi connectivity index (χ2n) is 12.4. The van der Waals surface area contributed by atoms with Gasteiger partial charge in [0.05, 0.1) is 11.6 Å². The number of carbonyl (C=O) groups is 1. The third kappa shape index (κ3) is 7.37. The van der Waals surface area contributed by atoms with Gasteiger partial charge in [-0.3, -0.25) is 9.69 Å². The minimum Gasteiger partial charge on any atom is -0.543 e. The van der Waals surface area contributed by atoms with E-state index >= 15 is 0 Å². The number of likely N-dealkylation sites (tertiary alicyclic amines) is 1. The normalized spacial score (nSPS) is 17.2. The Morgan fingerprint density at radius 1 is 0.868 bits per heavy atom. The number of carbonyl (C=O) groups excluding carboxylic acids is 1. The molecule has 0 saturated carbocycles. The van der Waals surface area contributed by atoms with E-state index in [-0.39, 0.29) is 11.8 Å². The molecule has 1 saturated heterocycles. The number of hydrogen-bond acceptors (Lipinski definition) is 4. The summed E-state index contributed by atoms with van der Waals surface area (Å²) in [6.07, 6.45) is 5.49. The van der Waals surface area contributed by atoms with Crippen LogP contribution in [-0.2, 0) is 6.42 Å². The van der Waals surface area contributed by atoms with Crippen molar-refractivity contribution in [1.82, 2.24) is 4.90 Å². The Kier molecular flexibility index (Phi) is 10.8. The Labute approximate surface area is 232 Å².